The lowest BCUT2D eigenvalue weighted by atomic mass is 9.66. The van der Waals surface area contributed by atoms with Crippen LogP contribution < -0.4 is 15.1 Å². The maximum Gasteiger partial charge on any atom is 0.418 e. The molecule has 0 radical (unpaired) electrons. The summed E-state index contributed by atoms with van der Waals surface area (Å²) < 4.78 is 37.8. The number of hydrazine groups is 1. The molecule has 14 heteroatoms. The molecule has 0 spiro atoms. The van der Waals surface area contributed by atoms with E-state index in [4.69, 9.17) is 4.55 Å². The van der Waals surface area contributed by atoms with Crippen molar-refractivity contribution >= 4 is 28.4 Å². The fraction of sp³-hybridized carbons (Fsp3) is 0.556. The van der Waals surface area contributed by atoms with E-state index in [9.17, 15) is 27.9 Å². The molecule has 0 aliphatic carbocycles. The molecule has 1 aromatic rings. The van der Waals surface area contributed by atoms with Crippen LogP contribution in [0.4, 0.5) is 9.59 Å². The van der Waals surface area contributed by atoms with Crippen LogP contribution in [0.3, 0.4) is 0 Å². The van der Waals surface area contributed by atoms with Crippen molar-refractivity contribution in [3.63, 3.8) is 0 Å². The summed E-state index contributed by atoms with van der Waals surface area (Å²) in [6.45, 7) is 3.72. The molecule has 2 saturated heterocycles. The van der Waals surface area contributed by atoms with E-state index in [1.54, 1.807) is 38.4 Å². The normalized spacial score (nSPS) is 23.2. The van der Waals surface area contributed by atoms with Crippen molar-refractivity contribution in [2.75, 3.05) is 13.6 Å². The average molecular weight is 471 g/mol. The number of carbonyl (C=O) groups excluding carboxylic acids is 3. The lowest BCUT2D eigenvalue weighted by Gasteiger charge is -2.50. The highest BCUT2D eigenvalue weighted by molar-refractivity contribution is 7.80. The van der Waals surface area contributed by atoms with Crippen molar-refractivity contribution in [3.8, 4) is 0 Å². The summed E-state index contributed by atoms with van der Waals surface area (Å²) in [5.74, 6) is -0.772. The molecule has 1 aromatic heterocycles. The standard InChI is InChI=1S/C18H25N5O8S/c1-17(2,12-21-9-5-4-6-10-21)18(14(24)19-20(3)16(26)27)8-7-13-11-22(18)15(25)23(13)31-32(28,29)30/h4-6,9-10,13H,7-8,11-12H2,1-3H3,(H2-,19,24,26,27,28,29,30)/t13-,18-/m1/s1. The molecule has 2 aliphatic rings. The SMILES string of the molecule is CN(NC(=O)[C@@]1(C(C)(C)C[n+]2ccccc2)CC[C@@H]2CN1C(=O)N2OS(=O)(=O)O)C(=O)[O-]. The van der Waals surface area contributed by atoms with Crippen molar-refractivity contribution in [3.05, 3.63) is 30.6 Å². The summed E-state index contributed by atoms with van der Waals surface area (Å²) in [5.41, 5.74) is -0.296. The van der Waals surface area contributed by atoms with Crippen LogP contribution in [0.5, 0.6) is 0 Å². The highest BCUT2D eigenvalue weighted by Crippen LogP contribution is 2.47. The van der Waals surface area contributed by atoms with Crippen LogP contribution in [0.15, 0.2) is 30.6 Å². The highest BCUT2D eigenvalue weighted by Gasteiger charge is 2.65. The van der Waals surface area contributed by atoms with Gasteiger partial charge in [0, 0.05) is 25.7 Å². The first-order chi connectivity index (χ1) is 14.8. The maximum atomic E-state index is 13.5. The lowest BCUT2D eigenvalue weighted by molar-refractivity contribution is -0.710. The topological polar surface area (TPSA) is 164 Å². The Balaban J connectivity index is 2.04. The number of hydroxylamine groups is 2. The monoisotopic (exact) mass is 471 g/mol. The van der Waals surface area contributed by atoms with Crippen LogP contribution in [0.2, 0.25) is 0 Å². The number of carbonyl (C=O) groups is 3. The van der Waals surface area contributed by atoms with Gasteiger partial charge in [-0.05, 0) is 12.8 Å². The van der Waals surface area contributed by atoms with Gasteiger partial charge in [-0.3, -0.25) is 19.8 Å². The van der Waals surface area contributed by atoms with E-state index in [0.717, 1.165) is 7.05 Å². The van der Waals surface area contributed by atoms with Crippen LogP contribution in [0.1, 0.15) is 26.7 Å². The number of nitrogens with one attached hydrogen (secondary N) is 1. The first kappa shape index (κ1) is 23.7. The summed E-state index contributed by atoms with van der Waals surface area (Å²) in [6, 6.07) is 3.77. The zero-order valence-electron chi connectivity index (χ0n) is 17.8. The van der Waals surface area contributed by atoms with Crippen molar-refractivity contribution in [1.29, 1.82) is 0 Å². The molecule has 4 amide bonds. The molecule has 2 bridgehead atoms. The Hall–Kier alpha value is -2.97. The molecule has 3 rings (SSSR count). The van der Waals surface area contributed by atoms with Gasteiger partial charge in [-0.2, -0.15) is 13.5 Å². The molecule has 0 saturated carbocycles. The minimum absolute atomic E-state index is 0.0559. The van der Waals surface area contributed by atoms with E-state index in [0.29, 0.717) is 10.1 Å². The van der Waals surface area contributed by atoms with E-state index >= 15 is 0 Å². The van der Waals surface area contributed by atoms with Crippen molar-refractivity contribution in [2.45, 2.75) is 44.8 Å². The van der Waals surface area contributed by atoms with Crippen LogP contribution >= 0.6 is 0 Å². The van der Waals surface area contributed by atoms with E-state index in [2.05, 4.69) is 9.71 Å². The zero-order chi connectivity index (χ0) is 23.9. The van der Waals surface area contributed by atoms with Crippen molar-refractivity contribution < 1.29 is 41.3 Å². The van der Waals surface area contributed by atoms with Gasteiger partial charge in [0.2, 0.25) is 0 Å². The Morgan fingerprint density at radius 2 is 2.00 bits per heavy atom. The quantitative estimate of drug-likeness (QED) is 0.293. The second kappa shape index (κ2) is 8.18. The number of aromatic nitrogens is 1. The minimum atomic E-state index is -4.97. The molecule has 2 atom stereocenters. The predicted octanol–water partition coefficient (Wildman–Crippen LogP) is -1.32. The lowest BCUT2D eigenvalue weighted by Crippen LogP contribution is -2.72. The smallest absolute Gasteiger partial charge is 0.418 e. The summed E-state index contributed by atoms with van der Waals surface area (Å²) in [6.07, 6.45) is 2.17. The maximum absolute atomic E-state index is 13.5. The third kappa shape index (κ3) is 4.20. The highest BCUT2D eigenvalue weighted by atomic mass is 32.3. The second-order valence-electron chi connectivity index (χ2n) is 8.47. The Morgan fingerprint density at radius 3 is 2.56 bits per heavy atom. The number of amides is 4. The van der Waals surface area contributed by atoms with Gasteiger partial charge in [0.15, 0.2) is 25.0 Å². The van der Waals surface area contributed by atoms with Gasteiger partial charge in [0.1, 0.15) is 5.54 Å². The molecule has 0 aromatic carbocycles. The van der Waals surface area contributed by atoms with Gasteiger partial charge in [0.05, 0.1) is 11.5 Å². The summed E-state index contributed by atoms with van der Waals surface area (Å²) in [4.78, 5) is 39.0. The molecule has 176 valence electrons. The van der Waals surface area contributed by atoms with Crippen molar-refractivity contribution in [2.24, 2.45) is 5.41 Å². The van der Waals surface area contributed by atoms with Gasteiger partial charge < -0.3 is 14.8 Å². The predicted molar refractivity (Wildman–Crippen MR) is 104 cm³/mol. The van der Waals surface area contributed by atoms with Gasteiger partial charge in [-0.1, -0.05) is 19.9 Å². The largest absolute Gasteiger partial charge is 0.529 e. The Bertz CT molecular complexity index is 1020. The van der Waals surface area contributed by atoms with E-state index in [1.807, 2.05) is 10.6 Å². The molecule has 2 aliphatic heterocycles. The van der Waals surface area contributed by atoms with Crippen molar-refractivity contribution in [1.82, 2.24) is 20.4 Å². The molecule has 0 unspecified atom stereocenters. The molecule has 2 N–H and O–H groups in total. The van der Waals surface area contributed by atoms with E-state index in [-0.39, 0.29) is 25.9 Å². The zero-order valence-corrected chi connectivity index (χ0v) is 18.6. The fourth-order valence-corrected chi connectivity index (χ4v) is 4.92. The van der Waals surface area contributed by atoms with Crippen LogP contribution in [-0.4, -0.2) is 71.1 Å². The van der Waals surface area contributed by atoms with Crippen LogP contribution in [-0.2, 0) is 26.0 Å². The summed E-state index contributed by atoms with van der Waals surface area (Å²) >= 11 is 0. The number of urea groups is 1. The first-order valence-corrected chi connectivity index (χ1v) is 11.1. The van der Waals surface area contributed by atoms with Crippen LogP contribution in [0, 0.1) is 5.41 Å². The first-order valence-electron chi connectivity index (χ1n) is 9.76. The number of rotatable bonds is 6. The molecule has 13 nitrogen and oxygen atoms in total. The Labute approximate surface area is 185 Å². The van der Waals surface area contributed by atoms with Gasteiger partial charge in [0.25, 0.3) is 5.91 Å². The van der Waals surface area contributed by atoms with Crippen LogP contribution in [0.25, 0.3) is 0 Å². The number of pyridine rings is 1. The number of fused-ring (bicyclic) bond motifs is 2. The molecule has 2 fully saturated rings. The summed E-state index contributed by atoms with van der Waals surface area (Å²) in [7, 11) is -3.88. The van der Waals surface area contributed by atoms with Gasteiger partial charge in [-0.25, -0.2) is 9.36 Å². The number of carboxylic acid groups (broad SMARTS) is 1. The molecule has 32 heavy (non-hydrogen) atoms. The molecular weight excluding hydrogens is 446 g/mol. The third-order valence-corrected chi connectivity index (χ3v) is 6.36. The number of hydrogen-bond acceptors (Lipinski definition) is 7. The van der Waals surface area contributed by atoms with Gasteiger partial charge >= 0.3 is 16.4 Å². The number of piperidine rings is 1. The Morgan fingerprint density at radius 1 is 1.38 bits per heavy atom. The molecule has 3 heterocycles. The number of nitrogens with zero attached hydrogens (tertiary/aromatic N) is 4. The summed E-state index contributed by atoms with van der Waals surface area (Å²) in [5, 5.41) is 12.2. The average Bonchev–Trinajstić information content (AvgIpc) is 2.92. The fourth-order valence-electron chi connectivity index (χ4n) is 4.54. The second-order valence-corrected chi connectivity index (χ2v) is 9.48. The van der Waals surface area contributed by atoms with E-state index in [1.165, 1.54) is 4.90 Å². The molecular formula is C18H25N5O8S. The number of hydrogen-bond donors (Lipinski definition) is 2. The third-order valence-electron chi connectivity index (χ3n) is 6.01. The van der Waals surface area contributed by atoms with Gasteiger partial charge in [-0.15, -0.1) is 4.28 Å². The minimum Gasteiger partial charge on any atom is -0.529 e. The Kier molecular flexibility index (Phi) is 6.06. The van der Waals surface area contributed by atoms with E-state index < -0.39 is 45.4 Å².